The fraction of sp³-hybridized carbons (Fsp3) is 0.929. The lowest BCUT2D eigenvalue weighted by atomic mass is 9.75. The molecule has 1 amide bonds. The van der Waals surface area contributed by atoms with E-state index in [4.69, 9.17) is 0 Å². The first-order chi connectivity index (χ1) is 7.86. The van der Waals surface area contributed by atoms with E-state index in [2.05, 4.69) is 26.1 Å². The van der Waals surface area contributed by atoms with Gasteiger partial charge in [0.15, 0.2) is 0 Å². The Labute approximate surface area is 118 Å². The van der Waals surface area contributed by atoms with Crippen molar-refractivity contribution in [3.8, 4) is 0 Å². The van der Waals surface area contributed by atoms with E-state index in [0.29, 0.717) is 11.3 Å². The summed E-state index contributed by atoms with van der Waals surface area (Å²) in [6, 6.07) is 0. The van der Waals surface area contributed by atoms with Crippen molar-refractivity contribution in [2.24, 2.45) is 17.3 Å². The first-order valence-corrected chi connectivity index (χ1v) is 6.79. The monoisotopic (exact) mass is 276 g/mol. The summed E-state index contributed by atoms with van der Waals surface area (Å²) >= 11 is 0. The summed E-state index contributed by atoms with van der Waals surface area (Å²) in [7, 11) is 1.90. The van der Waals surface area contributed by atoms with E-state index in [0.717, 1.165) is 38.4 Å². The van der Waals surface area contributed by atoms with Gasteiger partial charge in [0.1, 0.15) is 0 Å². The molecule has 1 unspecified atom stereocenters. The Morgan fingerprint density at radius 3 is 2.22 bits per heavy atom. The number of nitrogens with zero attached hydrogens (tertiary/aromatic N) is 1. The summed E-state index contributed by atoms with van der Waals surface area (Å²) in [4.78, 5) is 14.2. The van der Waals surface area contributed by atoms with Gasteiger partial charge in [0.2, 0.25) is 5.91 Å². The van der Waals surface area contributed by atoms with E-state index in [1.807, 2.05) is 18.9 Å². The van der Waals surface area contributed by atoms with E-state index in [9.17, 15) is 4.79 Å². The number of carbonyl (C=O) groups excluding carboxylic acids is 1. The van der Waals surface area contributed by atoms with Crippen molar-refractivity contribution < 1.29 is 4.79 Å². The number of hydrogen-bond acceptors (Lipinski definition) is 2. The van der Waals surface area contributed by atoms with Crippen LogP contribution in [0.25, 0.3) is 0 Å². The summed E-state index contributed by atoms with van der Waals surface area (Å²) in [5.41, 5.74) is 0.381. The number of carbonyl (C=O) groups is 1. The molecule has 18 heavy (non-hydrogen) atoms. The SMILES string of the molecule is CNCC(C)C(=O)N1CCC(C(C)(C)C)CC1.Cl. The molecule has 1 saturated heterocycles. The molecule has 0 aromatic rings. The van der Waals surface area contributed by atoms with Gasteiger partial charge in [0.25, 0.3) is 0 Å². The van der Waals surface area contributed by atoms with Crippen molar-refractivity contribution in [1.82, 2.24) is 10.2 Å². The van der Waals surface area contributed by atoms with E-state index in [-0.39, 0.29) is 18.3 Å². The lowest BCUT2D eigenvalue weighted by molar-refractivity contribution is -0.136. The minimum Gasteiger partial charge on any atom is -0.342 e. The minimum atomic E-state index is 0. The van der Waals surface area contributed by atoms with Crippen LogP contribution in [0.5, 0.6) is 0 Å². The maximum absolute atomic E-state index is 12.1. The van der Waals surface area contributed by atoms with Crippen LogP contribution < -0.4 is 5.32 Å². The Morgan fingerprint density at radius 2 is 1.83 bits per heavy atom. The lowest BCUT2D eigenvalue weighted by Gasteiger charge is -2.39. The van der Waals surface area contributed by atoms with Gasteiger partial charge in [-0.15, -0.1) is 12.4 Å². The van der Waals surface area contributed by atoms with Gasteiger partial charge >= 0.3 is 0 Å². The fourth-order valence-corrected chi connectivity index (χ4v) is 2.67. The molecule has 0 aromatic carbocycles. The molecular weight excluding hydrogens is 248 g/mol. The zero-order chi connectivity index (χ0) is 13.1. The first kappa shape index (κ1) is 17.7. The van der Waals surface area contributed by atoms with Gasteiger partial charge in [0, 0.05) is 25.6 Å². The van der Waals surface area contributed by atoms with Gasteiger partial charge in [-0.1, -0.05) is 27.7 Å². The van der Waals surface area contributed by atoms with Crippen LogP contribution >= 0.6 is 12.4 Å². The zero-order valence-electron chi connectivity index (χ0n) is 12.5. The van der Waals surface area contributed by atoms with Gasteiger partial charge in [-0.25, -0.2) is 0 Å². The quantitative estimate of drug-likeness (QED) is 0.859. The number of rotatable bonds is 3. The maximum atomic E-state index is 12.1. The summed E-state index contributed by atoms with van der Waals surface area (Å²) in [6.45, 7) is 11.6. The minimum absolute atomic E-state index is 0. The van der Waals surface area contributed by atoms with E-state index in [1.165, 1.54) is 0 Å². The number of nitrogens with one attached hydrogen (secondary N) is 1. The number of halogens is 1. The number of hydrogen-bond donors (Lipinski definition) is 1. The highest BCUT2D eigenvalue weighted by Gasteiger charge is 2.31. The Bertz CT molecular complexity index is 255. The van der Waals surface area contributed by atoms with Gasteiger partial charge in [-0.05, 0) is 31.2 Å². The second kappa shape index (κ2) is 7.34. The summed E-state index contributed by atoms with van der Waals surface area (Å²) < 4.78 is 0. The van der Waals surface area contributed by atoms with Crippen LogP contribution in [0.4, 0.5) is 0 Å². The molecule has 1 aliphatic heterocycles. The molecule has 1 N–H and O–H groups in total. The Kier molecular flexibility index (Phi) is 7.23. The molecule has 1 heterocycles. The van der Waals surface area contributed by atoms with Crippen LogP contribution in [-0.4, -0.2) is 37.5 Å². The van der Waals surface area contributed by atoms with Crippen molar-refractivity contribution in [2.75, 3.05) is 26.7 Å². The van der Waals surface area contributed by atoms with Crippen LogP contribution in [0.2, 0.25) is 0 Å². The van der Waals surface area contributed by atoms with Crippen LogP contribution in [0.1, 0.15) is 40.5 Å². The molecule has 0 radical (unpaired) electrons. The molecule has 0 bridgehead atoms. The molecule has 0 aromatic heterocycles. The largest absolute Gasteiger partial charge is 0.342 e. The number of amides is 1. The third-order valence-corrected chi connectivity index (χ3v) is 3.96. The van der Waals surface area contributed by atoms with Crippen molar-refractivity contribution in [2.45, 2.75) is 40.5 Å². The third kappa shape index (κ3) is 4.77. The van der Waals surface area contributed by atoms with Crippen molar-refractivity contribution in [3.63, 3.8) is 0 Å². The number of piperidine rings is 1. The molecule has 3 nitrogen and oxygen atoms in total. The van der Waals surface area contributed by atoms with Crippen LogP contribution in [0.3, 0.4) is 0 Å². The van der Waals surface area contributed by atoms with Gasteiger partial charge in [-0.3, -0.25) is 4.79 Å². The molecule has 1 aliphatic rings. The summed E-state index contributed by atoms with van der Waals surface area (Å²) in [5, 5.41) is 3.07. The Hall–Kier alpha value is -0.280. The second-order valence-corrected chi connectivity index (χ2v) is 6.42. The highest BCUT2D eigenvalue weighted by atomic mass is 35.5. The van der Waals surface area contributed by atoms with E-state index in [1.54, 1.807) is 0 Å². The van der Waals surface area contributed by atoms with Crippen LogP contribution in [0, 0.1) is 17.3 Å². The molecule has 1 fully saturated rings. The highest BCUT2D eigenvalue weighted by Crippen LogP contribution is 2.34. The van der Waals surface area contributed by atoms with Gasteiger partial charge < -0.3 is 10.2 Å². The van der Waals surface area contributed by atoms with Gasteiger partial charge in [0.05, 0.1) is 0 Å². The Morgan fingerprint density at radius 1 is 1.33 bits per heavy atom. The third-order valence-electron chi connectivity index (χ3n) is 3.96. The second-order valence-electron chi connectivity index (χ2n) is 6.42. The standard InChI is InChI=1S/C14H28N2O.ClH/c1-11(10-15-5)13(17)16-8-6-12(7-9-16)14(2,3)4;/h11-12,15H,6-10H2,1-5H3;1H. The first-order valence-electron chi connectivity index (χ1n) is 6.79. The van der Waals surface area contributed by atoms with E-state index < -0.39 is 0 Å². The molecule has 0 spiro atoms. The van der Waals surface area contributed by atoms with Crippen molar-refractivity contribution >= 4 is 18.3 Å². The molecule has 1 atom stereocenters. The summed E-state index contributed by atoms with van der Waals surface area (Å²) in [5.74, 6) is 1.17. The molecule has 4 heteroatoms. The summed E-state index contributed by atoms with van der Waals surface area (Å²) in [6.07, 6.45) is 2.31. The number of likely N-dealkylation sites (tertiary alicyclic amines) is 1. The lowest BCUT2D eigenvalue weighted by Crippen LogP contribution is -2.45. The Balaban J connectivity index is 0.00000289. The molecule has 0 aliphatic carbocycles. The van der Waals surface area contributed by atoms with Crippen LogP contribution in [0.15, 0.2) is 0 Å². The van der Waals surface area contributed by atoms with Crippen molar-refractivity contribution in [1.29, 1.82) is 0 Å². The predicted octanol–water partition coefficient (Wildman–Crippen LogP) is 2.55. The van der Waals surface area contributed by atoms with Gasteiger partial charge in [-0.2, -0.15) is 0 Å². The normalized spacial score (nSPS) is 19.3. The maximum Gasteiger partial charge on any atom is 0.226 e. The average molecular weight is 277 g/mol. The molecular formula is C14H29ClN2O. The smallest absolute Gasteiger partial charge is 0.226 e. The van der Waals surface area contributed by atoms with E-state index >= 15 is 0 Å². The average Bonchev–Trinajstić information content (AvgIpc) is 2.27. The highest BCUT2D eigenvalue weighted by molar-refractivity contribution is 5.85. The zero-order valence-corrected chi connectivity index (χ0v) is 13.3. The molecule has 108 valence electrons. The fourth-order valence-electron chi connectivity index (χ4n) is 2.67. The predicted molar refractivity (Wildman–Crippen MR) is 79.1 cm³/mol. The molecule has 0 saturated carbocycles. The van der Waals surface area contributed by atoms with Crippen LogP contribution in [-0.2, 0) is 4.79 Å². The van der Waals surface area contributed by atoms with Crippen molar-refractivity contribution in [3.05, 3.63) is 0 Å². The molecule has 1 rings (SSSR count). The topological polar surface area (TPSA) is 32.3 Å².